The minimum absolute atomic E-state index is 0.0319. The Balaban J connectivity index is 1.35. The molecule has 1 atom stereocenters. The van der Waals surface area contributed by atoms with E-state index in [9.17, 15) is 4.79 Å². The lowest BCUT2D eigenvalue weighted by Crippen LogP contribution is -2.28. The number of para-hydroxylation sites is 1. The quantitative estimate of drug-likeness (QED) is 0.706. The monoisotopic (exact) mass is 352 g/mol. The molecule has 3 aromatic rings. The Morgan fingerprint density at radius 3 is 2.96 bits per heavy atom. The summed E-state index contributed by atoms with van der Waals surface area (Å²) in [6, 6.07) is 13.9. The lowest BCUT2D eigenvalue weighted by molar-refractivity contribution is 0.0790. The molecule has 2 aliphatic rings. The highest BCUT2D eigenvalue weighted by molar-refractivity contribution is 7.20. The van der Waals surface area contributed by atoms with E-state index in [1.54, 1.807) is 0 Å². The SMILES string of the molecule is O=C(c1nc2ccccc2s1)N1CC[C@@H](c2ccc3c(c2)OCO3)C1. The average Bonchev–Trinajstić information content (AvgIpc) is 3.38. The van der Waals surface area contributed by atoms with Crippen molar-refractivity contribution in [3.05, 3.63) is 53.0 Å². The molecule has 0 unspecified atom stereocenters. The van der Waals surface area contributed by atoms with E-state index in [0.717, 1.165) is 34.7 Å². The second-order valence-corrected chi connectivity index (χ2v) is 7.37. The van der Waals surface area contributed by atoms with Gasteiger partial charge in [0.2, 0.25) is 6.79 Å². The fraction of sp³-hybridized carbons (Fsp3) is 0.263. The van der Waals surface area contributed by atoms with Crippen molar-refractivity contribution in [2.75, 3.05) is 19.9 Å². The lowest BCUT2D eigenvalue weighted by Gasteiger charge is -2.15. The van der Waals surface area contributed by atoms with Crippen molar-refractivity contribution < 1.29 is 14.3 Å². The Morgan fingerprint density at radius 1 is 1.16 bits per heavy atom. The van der Waals surface area contributed by atoms with Crippen molar-refractivity contribution in [3.8, 4) is 11.5 Å². The number of thiazole rings is 1. The second kappa shape index (κ2) is 5.74. The maximum atomic E-state index is 12.8. The molecular weight excluding hydrogens is 336 g/mol. The van der Waals surface area contributed by atoms with Crippen LogP contribution in [0.3, 0.4) is 0 Å². The molecule has 5 nitrogen and oxygen atoms in total. The van der Waals surface area contributed by atoms with Crippen molar-refractivity contribution in [1.29, 1.82) is 0 Å². The van der Waals surface area contributed by atoms with Gasteiger partial charge in [-0.2, -0.15) is 0 Å². The number of aromatic nitrogens is 1. The van der Waals surface area contributed by atoms with E-state index in [1.807, 2.05) is 41.3 Å². The van der Waals surface area contributed by atoms with Crippen molar-refractivity contribution >= 4 is 27.5 Å². The number of amides is 1. The van der Waals surface area contributed by atoms with Crippen LogP contribution >= 0.6 is 11.3 Å². The Bertz CT molecular complexity index is 935. The minimum Gasteiger partial charge on any atom is -0.454 e. The molecule has 5 rings (SSSR count). The number of hydrogen-bond donors (Lipinski definition) is 0. The summed E-state index contributed by atoms with van der Waals surface area (Å²) >= 11 is 1.47. The van der Waals surface area contributed by atoms with E-state index in [-0.39, 0.29) is 12.7 Å². The summed E-state index contributed by atoms with van der Waals surface area (Å²) in [4.78, 5) is 19.2. The van der Waals surface area contributed by atoms with E-state index in [0.29, 0.717) is 17.5 Å². The first-order valence-corrected chi connectivity index (χ1v) is 9.14. The van der Waals surface area contributed by atoms with E-state index in [1.165, 1.54) is 16.9 Å². The van der Waals surface area contributed by atoms with Crippen LogP contribution in [0, 0.1) is 0 Å². The zero-order chi connectivity index (χ0) is 16.8. The van der Waals surface area contributed by atoms with Gasteiger partial charge in [0.05, 0.1) is 10.2 Å². The highest BCUT2D eigenvalue weighted by Crippen LogP contribution is 2.37. The van der Waals surface area contributed by atoms with Crippen LogP contribution in [0.15, 0.2) is 42.5 Å². The molecule has 25 heavy (non-hydrogen) atoms. The van der Waals surface area contributed by atoms with Crippen LogP contribution in [0.2, 0.25) is 0 Å². The summed E-state index contributed by atoms with van der Waals surface area (Å²) in [6.45, 7) is 1.76. The summed E-state index contributed by atoms with van der Waals surface area (Å²) in [5.41, 5.74) is 2.09. The van der Waals surface area contributed by atoms with Crippen molar-refractivity contribution in [3.63, 3.8) is 0 Å². The molecule has 2 aliphatic heterocycles. The molecule has 1 amide bonds. The number of likely N-dealkylation sites (tertiary alicyclic amines) is 1. The molecule has 1 saturated heterocycles. The largest absolute Gasteiger partial charge is 0.454 e. The molecule has 0 radical (unpaired) electrons. The van der Waals surface area contributed by atoms with Gasteiger partial charge in [0.25, 0.3) is 5.91 Å². The van der Waals surface area contributed by atoms with Crippen LogP contribution in [0.1, 0.15) is 27.7 Å². The van der Waals surface area contributed by atoms with E-state index >= 15 is 0 Å². The number of ether oxygens (including phenoxy) is 2. The number of nitrogens with zero attached hydrogens (tertiary/aromatic N) is 2. The van der Waals surface area contributed by atoms with Crippen molar-refractivity contribution in [2.24, 2.45) is 0 Å². The maximum Gasteiger partial charge on any atom is 0.282 e. The summed E-state index contributed by atoms with van der Waals surface area (Å²) < 4.78 is 11.9. The van der Waals surface area contributed by atoms with Gasteiger partial charge in [-0.05, 0) is 36.2 Å². The number of hydrogen-bond acceptors (Lipinski definition) is 5. The Kier molecular flexibility index (Phi) is 3.38. The molecule has 3 heterocycles. The van der Waals surface area contributed by atoms with Crippen molar-refractivity contribution in [1.82, 2.24) is 9.88 Å². The molecule has 126 valence electrons. The fourth-order valence-corrected chi connectivity index (χ4v) is 4.42. The summed E-state index contributed by atoms with van der Waals surface area (Å²) in [7, 11) is 0. The van der Waals surface area contributed by atoms with Crippen LogP contribution in [0.25, 0.3) is 10.2 Å². The normalized spacial score (nSPS) is 18.9. The van der Waals surface area contributed by atoms with Crippen LogP contribution < -0.4 is 9.47 Å². The molecule has 0 saturated carbocycles. The Morgan fingerprint density at radius 2 is 2.04 bits per heavy atom. The van der Waals surface area contributed by atoms with Gasteiger partial charge in [-0.3, -0.25) is 4.79 Å². The third kappa shape index (κ3) is 2.53. The number of fused-ring (bicyclic) bond motifs is 2. The minimum atomic E-state index is 0.0319. The highest BCUT2D eigenvalue weighted by atomic mass is 32.1. The number of carbonyl (C=O) groups is 1. The van der Waals surface area contributed by atoms with Gasteiger partial charge in [0.1, 0.15) is 0 Å². The van der Waals surface area contributed by atoms with Crippen LogP contribution in [0.4, 0.5) is 0 Å². The van der Waals surface area contributed by atoms with E-state index in [2.05, 4.69) is 11.1 Å². The molecular formula is C19H16N2O3S. The standard InChI is InChI=1S/C19H16N2O3S/c22-19(18-20-14-3-1-2-4-17(14)25-18)21-8-7-13(10-21)12-5-6-15-16(9-12)24-11-23-15/h1-6,9,13H,7-8,10-11H2/t13-/m1/s1. The van der Waals surface area contributed by atoms with Crippen molar-refractivity contribution in [2.45, 2.75) is 12.3 Å². The van der Waals surface area contributed by atoms with Gasteiger partial charge < -0.3 is 14.4 Å². The number of carbonyl (C=O) groups excluding carboxylic acids is 1. The molecule has 0 aliphatic carbocycles. The number of benzene rings is 2. The van der Waals surface area contributed by atoms with E-state index in [4.69, 9.17) is 9.47 Å². The first kappa shape index (κ1) is 14.7. The zero-order valence-corrected chi connectivity index (χ0v) is 14.3. The number of rotatable bonds is 2. The average molecular weight is 352 g/mol. The molecule has 1 aromatic heterocycles. The van der Waals surface area contributed by atoms with Crippen LogP contribution in [0.5, 0.6) is 11.5 Å². The van der Waals surface area contributed by atoms with Gasteiger partial charge >= 0.3 is 0 Å². The summed E-state index contributed by atoms with van der Waals surface area (Å²) in [5.74, 6) is 1.95. The third-order valence-corrected chi connectivity index (χ3v) is 5.84. The van der Waals surface area contributed by atoms with Gasteiger partial charge in [-0.25, -0.2) is 4.98 Å². The molecule has 0 N–H and O–H groups in total. The predicted molar refractivity (Wildman–Crippen MR) is 95.4 cm³/mol. The second-order valence-electron chi connectivity index (χ2n) is 6.34. The van der Waals surface area contributed by atoms with Gasteiger partial charge in [-0.1, -0.05) is 18.2 Å². The summed E-state index contributed by atoms with van der Waals surface area (Å²) in [5, 5.41) is 0.576. The first-order valence-electron chi connectivity index (χ1n) is 8.32. The van der Waals surface area contributed by atoms with Gasteiger partial charge in [0.15, 0.2) is 16.5 Å². The first-order chi connectivity index (χ1) is 12.3. The molecule has 0 spiro atoms. The Hall–Kier alpha value is -2.60. The van der Waals surface area contributed by atoms with Gasteiger partial charge in [-0.15, -0.1) is 11.3 Å². The predicted octanol–water partition coefficient (Wildman–Crippen LogP) is 3.65. The van der Waals surface area contributed by atoms with E-state index < -0.39 is 0 Å². The molecule has 6 heteroatoms. The summed E-state index contributed by atoms with van der Waals surface area (Å²) in [6.07, 6.45) is 0.955. The van der Waals surface area contributed by atoms with Crippen LogP contribution in [-0.2, 0) is 0 Å². The maximum absolute atomic E-state index is 12.8. The van der Waals surface area contributed by atoms with Gasteiger partial charge in [0, 0.05) is 19.0 Å². The fourth-order valence-electron chi connectivity index (χ4n) is 3.48. The van der Waals surface area contributed by atoms with Crippen LogP contribution in [-0.4, -0.2) is 35.7 Å². The Labute approximate surface area is 148 Å². The highest BCUT2D eigenvalue weighted by Gasteiger charge is 2.30. The molecule has 0 bridgehead atoms. The third-order valence-electron chi connectivity index (χ3n) is 4.82. The molecule has 1 fully saturated rings. The lowest BCUT2D eigenvalue weighted by atomic mass is 9.98. The zero-order valence-electron chi connectivity index (χ0n) is 13.5. The smallest absolute Gasteiger partial charge is 0.282 e. The molecule has 2 aromatic carbocycles. The topological polar surface area (TPSA) is 51.7 Å².